The smallest absolute Gasteiger partial charge is 0.344 e. The summed E-state index contributed by atoms with van der Waals surface area (Å²) < 4.78 is 25.3. The van der Waals surface area contributed by atoms with E-state index >= 15 is 0 Å². The molecule has 1 heterocycles. The molecule has 2 unspecified atom stereocenters. The van der Waals surface area contributed by atoms with Crippen LogP contribution in [0, 0.1) is 0 Å². The lowest BCUT2D eigenvalue weighted by Gasteiger charge is -2.19. The minimum atomic E-state index is -1.85. The molecule has 5 nitrogen and oxygen atoms in total. The highest BCUT2D eigenvalue weighted by atomic mass is 32.2. The van der Waals surface area contributed by atoms with E-state index in [-0.39, 0.29) is 12.0 Å². The van der Waals surface area contributed by atoms with Gasteiger partial charge in [0.05, 0.1) is 0 Å². The summed E-state index contributed by atoms with van der Waals surface area (Å²) in [7, 11) is 0. The Morgan fingerprint density at radius 2 is 1.95 bits per heavy atom. The first-order valence-electron chi connectivity index (χ1n) is 5.91. The maximum atomic E-state index is 11.7. The number of hydrogen-bond acceptors (Lipinski definition) is 5. The number of esters is 1. The molecule has 104 valence electrons. The van der Waals surface area contributed by atoms with Crippen LogP contribution in [-0.4, -0.2) is 22.9 Å². The second-order valence-corrected chi connectivity index (χ2v) is 6.11. The van der Waals surface area contributed by atoms with Crippen molar-refractivity contribution in [2.45, 2.75) is 32.3 Å². The van der Waals surface area contributed by atoms with Crippen LogP contribution in [-0.2, 0) is 29.9 Å². The molecule has 1 fully saturated rings. The normalized spacial score (nSPS) is 23.3. The quantitative estimate of drug-likeness (QED) is 0.613. The SMILES string of the molecule is CC(C)(C)c1ccc(OC(=O)C2COS(=O)O2)cc1. The van der Waals surface area contributed by atoms with Gasteiger partial charge in [-0.2, -0.15) is 4.21 Å². The van der Waals surface area contributed by atoms with Crippen LogP contribution in [0.3, 0.4) is 0 Å². The van der Waals surface area contributed by atoms with Crippen LogP contribution in [0.5, 0.6) is 5.75 Å². The summed E-state index contributed by atoms with van der Waals surface area (Å²) in [5.74, 6) is -0.173. The van der Waals surface area contributed by atoms with E-state index < -0.39 is 23.4 Å². The molecule has 19 heavy (non-hydrogen) atoms. The highest BCUT2D eigenvalue weighted by molar-refractivity contribution is 7.75. The number of rotatable bonds is 2. The molecule has 2 atom stereocenters. The lowest BCUT2D eigenvalue weighted by atomic mass is 9.87. The number of hydrogen-bond donors (Lipinski definition) is 0. The summed E-state index contributed by atoms with van der Waals surface area (Å²) in [6, 6.07) is 7.27. The molecule has 1 aromatic carbocycles. The van der Waals surface area contributed by atoms with Crippen molar-refractivity contribution in [2.75, 3.05) is 6.61 Å². The van der Waals surface area contributed by atoms with E-state index in [1.54, 1.807) is 12.1 Å². The van der Waals surface area contributed by atoms with Gasteiger partial charge < -0.3 is 4.74 Å². The van der Waals surface area contributed by atoms with Gasteiger partial charge in [-0.05, 0) is 23.1 Å². The van der Waals surface area contributed by atoms with Gasteiger partial charge in [-0.15, -0.1) is 0 Å². The Morgan fingerprint density at radius 3 is 2.42 bits per heavy atom. The summed E-state index contributed by atoms with van der Waals surface area (Å²) in [6.07, 6.45) is -0.928. The highest BCUT2D eigenvalue weighted by Crippen LogP contribution is 2.24. The summed E-state index contributed by atoms with van der Waals surface area (Å²) in [6.45, 7) is 6.26. The predicted molar refractivity (Wildman–Crippen MR) is 69.7 cm³/mol. The van der Waals surface area contributed by atoms with Crippen molar-refractivity contribution >= 4 is 17.3 Å². The van der Waals surface area contributed by atoms with Crippen molar-refractivity contribution in [2.24, 2.45) is 0 Å². The topological polar surface area (TPSA) is 61.8 Å². The van der Waals surface area contributed by atoms with Crippen LogP contribution < -0.4 is 4.74 Å². The average Bonchev–Trinajstić information content (AvgIpc) is 2.75. The fourth-order valence-corrected chi connectivity index (χ4v) is 2.19. The zero-order valence-corrected chi connectivity index (χ0v) is 11.9. The molecule has 0 saturated carbocycles. The van der Waals surface area contributed by atoms with Crippen LogP contribution >= 0.6 is 0 Å². The molecule has 2 rings (SSSR count). The monoisotopic (exact) mass is 284 g/mol. The fourth-order valence-electron chi connectivity index (χ4n) is 1.58. The molecule has 1 aliphatic rings. The molecular weight excluding hydrogens is 268 g/mol. The molecule has 1 aliphatic heterocycles. The average molecular weight is 284 g/mol. The lowest BCUT2D eigenvalue weighted by molar-refractivity contribution is -0.141. The summed E-state index contributed by atoms with van der Waals surface area (Å²) in [5.41, 5.74) is 1.19. The number of ether oxygens (including phenoxy) is 1. The Hall–Kier alpha value is -1.24. The minimum absolute atomic E-state index is 0.0435. The van der Waals surface area contributed by atoms with Crippen molar-refractivity contribution in [3.8, 4) is 5.75 Å². The minimum Gasteiger partial charge on any atom is -0.425 e. The molecule has 0 spiro atoms. The van der Waals surface area contributed by atoms with Crippen LogP contribution in [0.25, 0.3) is 0 Å². The molecule has 1 aromatic rings. The van der Waals surface area contributed by atoms with Crippen LogP contribution in [0.2, 0.25) is 0 Å². The van der Waals surface area contributed by atoms with Crippen molar-refractivity contribution < 1.29 is 22.1 Å². The fraction of sp³-hybridized carbons (Fsp3) is 0.462. The van der Waals surface area contributed by atoms with E-state index in [9.17, 15) is 9.00 Å². The van der Waals surface area contributed by atoms with Gasteiger partial charge >= 0.3 is 17.3 Å². The Labute approximate surface area is 114 Å². The molecule has 0 bridgehead atoms. The first kappa shape index (κ1) is 14.2. The molecule has 6 heteroatoms. The van der Waals surface area contributed by atoms with E-state index in [1.165, 1.54) is 0 Å². The Morgan fingerprint density at radius 1 is 1.32 bits per heavy atom. The number of benzene rings is 1. The van der Waals surface area contributed by atoms with Gasteiger partial charge in [0, 0.05) is 0 Å². The maximum Gasteiger partial charge on any atom is 0.344 e. The predicted octanol–water partition coefficient (Wildman–Crippen LogP) is 1.88. The maximum absolute atomic E-state index is 11.7. The van der Waals surface area contributed by atoms with E-state index in [1.807, 2.05) is 12.1 Å². The van der Waals surface area contributed by atoms with Crippen molar-refractivity contribution in [1.29, 1.82) is 0 Å². The summed E-state index contributed by atoms with van der Waals surface area (Å²) in [4.78, 5) is 11.7. The molecule has 0 aliphatic carbocycles. The third kappa shape index (κ3) is 3.62. The third-order valence-electron chi connectivity index (χ3n) is 2.71. The lowest BCUT2D eigenvalue weighted by Crippen LogP contribution is -2.27. The molecule has 0 amide bonds. The van der Waals surface area contributed by atoms with E-state index in [2.05, 4.69) is 25.0 Å². The molecule has 0 radical (unpaired) electrons. The van der Waals surface area contributed by atoms with Crippen molar-refractivity contribution in [3.05, 3.63) is 29.8 Å². The number of carbonyl (C=O) groups is 1. The largest absolute Gasteiger partial charge is 0.425 e. The molecule has 0 aromatic heterocycles. The van der Waals surface area contributed by atoms with Gasteiger partial charge in [-0.25, -0.2) is 4.79 Å². The van der Waals surface area contributed by atoms with Gasteiger partial charge in [-0.3, -0.25) is 8.37 Å². The first-order chi connectivity index (χ1) is 8.86. The van der Waals surface area contributed by atoms with Gasteiger partial charge in [0.15, 0.2) is 6.10 Å². The Bertz CT molecular complexity index is 489. The zero-order chi connectivity index (χ0) is 14.0. The van der Waals surface area contributed by atoms with Crippen molar-refractivity contribution in [3.63, 3.8) is 0 Å². The summed E-state index contributed by atoms with van der Waals surface area (Å²) >= 11 is -1.85. The molecular formula is C13H16O5S. The number of carbonyl (C=O) groups excluding carboxylic acids is 1. The van der Waals surface area contributed by atoms with Crippen LogP contribution in [0.15, 0.2) is 24.3 Å². The molecule has 1 saturated heterocycles. The van der Waals surface area contributed by atoms with Gasteiger partial charge in [0.25, 0.3) is 0 Å². The van der Waals surface area contributed by atoms with E-state index in [4.69, 9.17) is 8.92 Å². The van der Waals surface area contributed by atoms with E-state index in [0.717, 1.165) is 5.56 Å². The van der Waals surface area contributed by atoms with Gasteiger partial charge in [0.2, 0.25) is 0 Å². The third-order valence-corrected chi connectivity index (χ3v) is 3.43. The summed E-state index contributed by atoms with van der Waals surface area (Å²) in [5, 5.41) is 0. The van der Waals surface area contributed by atoms with Gasteiger partial charge in [0.1, 0.15) is 12.4 Å². The molecule has 0 N–H and O–H groups in total. The van der Waals surface area contributed by atoms with Crippen LogP contribution in [0.1, 0.15) is 26.3 Å². The standard InChI is InChI=1S/C13H16O5S/c1-13(2,3)9-4-6-10(7-5-9)17-12(14)11-8-16-19(15)18-11/h4-7,11H,8H2,1-3H3. The first-order valence-corrected chi connectivity index (χ1v) is 6.91. The second kappa shape index (κ2) is 5.40. The van der Waals surface area contributed by atoms with Crippen LogP contribution in [0.4, 0.5) is 0 Å². The highest BCUT2D eigenvalue weighted by Gasteiger charge is 2.32. The Balaban J connectivity index is 2.00. The Kier molecular flexibility index (Phi) is 4.03. The second-order valence-electron chi connectivity index (χ2n) is 5.27. The van der Waals surface area contributed by atoms with E-state index in [0.29, 0.717) is 5.75 Å². The zero-order valence-electron chi connectivity index (χ0n) is 11.0. The van der Waals surface area contributed by atoms with Gasteiger partial charge in [-0.1, -0.05) is 32.9 Å². The van der Waals surface area contributed by atoms with Crippen molar-refractivity contribution in [1.82, 2.24) is 0 Å².